The summed E-state index contributed by atoms with van der Waals surface area (Å²) in [5.74, 6) is -0.141. The minimum atomic E-state index is -2.83. The Morgan fingerprint density at radius 3 is 2.79 bits per heavy atom. The van der Waals surface area contributed by atoms with Crippen LogP contribution in [0, 0.1) is 0 Å². The Hall–Kier alpha value is -2.64. The molecule has 0 aliphatic carbocycles. The first-order chi connectivity index (χ1) is 11.6. The van der Waals surface area contributed by atoms with Gasteiger partial charge < -0.3 is 19.5 Å². The lowest BCUT2D eigenvalue weighted by atomic mass is 10.0. The lowest BCUT2D eigenvalue weighted by molar-refractivity contribution is -0.0498. The molecule has 2 heterocycles. The molecular formula is C16H17F2N3O3. The van der Waals surface area contributed by atoms with E-state index in [-0.39, 0.29) is 23.4 Å². The average Bonchev–Trinajstić information content (AvgIpc) is 3.10. The summed E-state index contributed by atoms with van der Waals surface area (Å²) in [6.07, 6.45) is 3.14. The summed E-state index contributed by atoms with van der Waals surface area (Å²) in [7, 11) is 0. The number of carbonyl (C=O) groups excluding carboxylic acids is 1. The predicted octanol–water partition coefficient (Wildman–Crippen LogP) is 2.67. The molecular weight excluding hydrogens is 320 g/mol. The molecule has 1 fully saturated rings. The summed E-state index contributed by atoms with van der Waals surface area (Å²) >= 11 is 0. The van der Waals surface area contributed by atoms with Crippen molar-refractivity contribution in [3.05, 3.63) is 42.3 Å². The lowest BCUT2D eigenvalue weighted by Gasteiger charge is -2.34. The second-order valence-corrected chi connectivity index (χ2v) is 5.52. The Kier molecular flexibility index (Phi) is 4.93. The number of carbonyl (C=O) groups is 1. The van der Waals surface area contributed by atoms with Gasteiger partial charge in [-0.3, -0.25) is 4.79 Å². The van der Waals surface area contributed by atoms with Crippen LogP contribution in [0.15, 0.2) is 41.1 Å². The Morgan fingerprint density at radius 1 is 1.33 bits per heavy atom. The van der Waals surface area contributed by atoms with Gasteiger partial charge in [0.15, 0.2) is 5.69 Å². The number of hydrogen-bond acceptors (Lipinski definition) is 5. The van der Waals surface area contributed by atoms with Crippen molar-refractivity contribution in [3.8, 4) is 5.75 Å². The van der Waals surface area contributed by atoms with Crippen LogP contribution in [0.3, 0.4) is 0 Å². The molecule has 0 unspecified atom stereocenters. The molecule has 3 rings (SSSR count). The van der Waals surface area contributed by atoms with E-state index in [0.29, 0.717) is 6.54 Å². The van der Waals surface area contributed by atoms with Crippen molar-refractivity contribution in [1.82, 2.24) is 10.5 Å². The third kappa shape index (κ3) is 4.01. The molecule has 1 N–H and O–H groups in total. The van der Waals surface area contributed by atoms with Crippen LogP contribution in [0.2, 0.25) is 0 Å². The van der Waals surface area contributed by atoms with Gasteiger partial charge >= 0.3 is 6.61 Å². The summed E-state index contributed by atoms with van der Waals surface area (Å²) in [6, 6.07) is 7.99. The monoisotopic (exact) mass is 337 g/mol. The van der Waals surface area contributed by atoms with Gasteiger partial charge in [-0.25, -0.2) is 0 Å². The van der Waals surface area contributed by atoms with Gasteiger partial charge in [0.1, 0.15) is 12.0 Å². The molecule has 0 saturated carbocycles. The maximum Gasteiger partial charge on any atom is 0.387 e. The molecule has 1 saturated heterocycles. The molecule has 2 aromatic rings. The standard InChI is InChI=1S/C16H17F2N3O3/c17-16(18)24-13-5-3-12(4-6-13)21-8-1-2-11(10-21)19-15(22)14-7-9-23-20-14/h3-7,9,11,16H,1-2,8,10H2,(H,19,22)/t11-/m0/s1. The fourth-order valence-electron chi connectivity index (χ4n) is 2.76. The van der Waals surface area contributed by atoms with Crippen molar-refractivity contribution >= 4 is 11.6 Å². The third-order valence-electron chi connectivity index (χ3n) is 3.85. The van der Waals surface area contributed by atoms with E-state index >= 15 is 0 Å². The van der Waals surface area contributed by atoms with Crippen LogP contribution < -0.4 is 15.0 Å². The molecule has 6 nitrogen and oxygen atoms in total. The van der Waals surface area contributed by atoms with E-state index < -0.39 is 6.61 Å². The molecule has 1 aromatic carbocycles. The van der Waals surface area contributed by atoms with Crippen molar-refractivity contribution < 1.29 is 22.8 Å². The van der Waals surface area contributed by atoms with Crippen molar-refractivity contribution in [1.29, 1.82) is 0 Å². The quantitative estimate of drug-likeness (QED) is 0.908. The van der Waals surface area contributed by atoms with Gasteiger partial charge in [0.25, 0.3) is 5.91 Å². The highest BCUT2D eigenvalue weighted by Crippen LogP contribution is 2.24. The van der Waals surface area contributed by atoms with Crippen LogP contribution in [0.1, 0.15) is 23.3 Å². The number of amides is 1. The molecule has 1 aliphatic rings. The largest absolute Gasteiger partial charge is 0.435 e. The van der Waals surface area contributed by atoms with Crippen LogP contribution in [0.25, 0.3) is 0 Å². The molecule has 0 bridgehead atoms. The lowest BCUT2D eigenvalue weighted by Crippen LogP contribution is -2.47. The minimum absolute atomic E-state index is 0.0139. The highest BCUT2D eigenvalue weighted by atomic mass is 19.3. The number of piperidine rings is 1. The summed E-state index contributed by atoms with van der Waals surface area (Å²) in [4.78, 5) is 14.1. The van der Waals surface area contributed by atoms with E-state index in [2.05, 4.69) is 24.6 Å². The van der Waals surface area contributed by atoms with Gasteiger partial charge in [0, 0.05) is 30.9 Å². The normalized spacial score (nSPS) is 17.8. The van der Waals surface area contributed by atoms with E-state index in [9.17, 15) is 13.6 Å². The minimum Gasteiger partial charge on any atom is -0.435 e. The highest BCUT2D eigenvalue weighted by molar-refractivity contribution is 5.92. The van der Waals surface area contributed by atoms with Crippen molar-refractivity contribution in [3.63, 3.8) is 0 Å². The van der Waals surface area contributed by atoms with Gasteiger partial charge in [-0.1, -0.05) is 5.16 Å². The zero-order chi connectivity index (χ0) is 16.9. The number of alkyl halides is 2. The maximum absolute atomic E-state index is 12.2. The van der Waals surface area contributed by atoms with Crippen molar-refractivity contribution in [2.24, 2.45) is 0 Å². The second kappa shape index (κ2) is 7.29. The number of nitrogens with one attached hydrogen (secondary N) is 1. The predicted molar refractivity (Wildman–Crippen MR) is 82.3 cm³/mol. The summed E-state index contributed by atoms with van der Waals surface area (Å²) in [5, 5.41) is 6.55. The van der Waals surface area contributed by atoms with Crippen molar-refractivity contribution in [2.45, 2.75) is 25.5 Å². The van der Waals surface area contributed by atoms with Gasteiger partial charge in [0.2, 0.25) is 0 Å². The summed E-state index contributed by atoms with van der Waals surface area (Å²) in [6.45, 7) is -1.36. The number of anilines is 1. The van der Waals surface area contributed by atoms with Crippen LogP contribution in [-0.4, -0.2) is 36.8 Å². The zero-order valence-electron chi connectivity index (χ0n) is 12.8. The van der Waals surface area contributed by atoms with E-state index in [1.807, 2.05) is 0 Å². The van der Waals surface area contributed by atoms with Gasteiger partial charge in [-0.05, 0) is 37.1 Å². The summed E-state index contributed by atoms with van der Waals surface area (Å²) < 4.78 is 33.4. The molecule has 1 atom stereocenters. The Morgan fingerprint density at radius 2 is 2.12 bits per heavy atom. The average molecular weight is 337 g/mol. The number of ether oxygens (including phenoxy) is 1. The van der Waals surface area contributed by atoms with E-state index in [4.69, 9.17) is 0 Å². The number of halogens is 2. The van der Waals surface area contributed by atoms with Crippen LogP contribution in [0.4, 0.5) is 14.5 Å². The molecule has 1 amide bonds. The van der Waals surface area contributed by atoms with Gasteiger partial charge in [-0.2, -0.15) is 8.78 Å². The highest BCUT2D eigenvalue weighted by Gasteiger charge is 2.23. The molecule has 0 spiro atoms. The SMILES string of the molecule is O=C(N[C@H]1CCCN(c2ccc(OC(F)F)cc2)C1)c1ccon1. The fourth-order valence-corrected chi connectivity index (χ4v) is 2.76. The third-order valence-corrected chi connectivity index (χ3v) is 3.85. The van der Waals surface area contributed by atoms with Crippen LogP contribution in [0.5, 0.6) is 5.75 Å². The first kappa shape index (κ1) is 16.2. The second-order valence-electron chi connectivity index (χ2n) is 5.52. The molecule has 1 aromatic heterocycles. The topological polar surface area (TPSA) is 67.6 Å². The zero-order valence-corrected chi connectivity index (χ0v) is 12.8. The molecule has 128 valence electrons. The summed E-state index contributed by atoms with van der Waals surface area (Å²) in [5.41, 5.74) is 1.15. The van der Waals surface area contributed by atoms with Gasteiger partial charge in [0.05, 0.1) is 0 Å². The number of rotatable bonds is 5. The van der Waals surface area contributed by atoms with Crippen LogP contribution in [-0.2, 0) is 0 Å². The van der Waals surface area contributed by atoms with Gasteiger partial charge in [-0.15, -0.1) is 0 Å². The first-order valence-corrected chi connectivity index (χ1v) is 7.63. The molecule has 24 heavy (non-hydrogen) atoms. The number of aromatic nitrogens is 1. The Bertz CT molecular complexity index is 662. The van der Waals surface area contributed by atoms with Crippen molar-refractivity contribution in [2.75, 3.05) is 18.0 Å². The van der Waals surface area contributed by atoms with E-state index in [1.165, 1.54) is 24.5 Å². The van der Waals surface area contributed by atoms with E-state index in [0.717, 1.165) is 25.1 Å². The number of benzene rings is 1. The number of nitrogens with zero attached hydrogens (tertiary/aromatic N) is 2. The molecule has 1 aliphatic heterocycles. The first-order valence-electron chi connectivity index (χ1n) is 7.63. The molecule has 8 heteroatoms. The van der Waals surface area contributed by atoms with E-state index in [1.54, 1.807) is 12.1 Å². The maximum atomic E-state index is 12.2. The van der Waals surface area contributed by atoms with Crippen LogP contribution >= 0.6 is 0 Å². The Labute approximate surface area is 137 Å². The number of hydrogen-bond donors (Lipinski definition) is 1. The smallest absolute Gasteiger partial charge is 0.387 e. The Balaban J connectivity index is 1.59. The fraction of sp³-hybridized carbons (Fsp3) is 0.375. The molecule has 0 radical (unpaired) electrons.